The minimum Gasteiger partial charge on any atom is -0.507 e. The van der Waals surface area contributed by atoms with Gasteiger partial charge in [0.2, 0.25) is 0 Å². The van der Waals surface area contributed by atoms with E-state index in [4.69, 9.17) is 4.74 Å². The molecule has 0 aromatic heterocycles. The van der Waals surface area contributed by atoms with Gasteiger partial charge in [-0.25, -0.2) is 0 Å². The lowest BCUT2D eigenvalue weighted by Gasteiger charge is -2.31. The largest absolute Gasteiger partial charge is 0.507 e. The molecule has 0 unspecified atom stereocenters. The summed E-state index contributed by atoms with van der Waals surface area (Å²) in [6.45, 7) is 8.19. The van der Waals surface area contributed by atoms with E-state index in [9.17, 15) is 5.11 Å². The highest BCUT2D eigenvalue weighted by Gasteiger charge is 2.18. The van der Waals surface area contributed by atoms with Crippen LogP contribution in [0.25, 0.3) is 0 Å². The minimum absolute atomic E-state index is 0.358. The number of hydrogen-bond acceptors (Lipinski definition) is 3. The molecule has 1 fully saturated rings. The summed E-state index contributed by atoms with van der Waals surface area (Å²) in [6.07, 6.45) is 4.85. The summed E-state index contributed by atoms with van der Waals surface area (Å²) in [7, 11) is 0. The molecule has 1 aromatic rings. The summed E-state index contributed by atoms with van der Waals surface area (Å²) >= 11 is 0. The molecule has 1 aliphatic rings. The number of benzene rings is 1. The van der Waals surface area contributed by atoms with Crippen molar-refractivity contribution in [1.82, 2.24) is 4.90 Å². The fourth-order valence-corrected chi connectivity index (χ4v) is 2.78. The molecule has 2 rings (SSSR count). The summed E-state index contributed by atoms with van der Waals surface area (Å²) in [6, 6.07) is 5.69. The predicted molar refractivity (Wildman–Crippen MR) is 82.2 cm³/mol. The number of hydrogen-bond donors (Lipinski definition) is 1. The van der Waals surface area contributed by atoms with Crippen LogP contribution in [0.3, 0.4) is 0 Å². The molecule has 0 bridgehead atoms. The van der Waals surface area contributed by atoms with Crippen molar-refractivity contribution in [2.24, 2.45) is 5.92 Å². The van der Waals surface area contributed by atoms with Crippen LogP contribution in [0.5, 0.6) is 11.5 Å². The molecule has 1 heterocycles. The summed E-state index contributed by atoms with van der Waals surface area (Å²) in [5, 5.41) is 10.1. The molecule has 0 amide bonds. The number of phenols is 1. The molecular formula is C17H27NO2. The molecule has 3 heteroatoms. The third kappa shape index (κ3) is 4.14. The van der Waals surface area contributed by atoms with Gasteiger partial charge in [0.05, 0.1) is 6.61 Å². The Balaban J connectivity index is 1.90. The van der Waals surface area contributed by atoms with Crippen LogP contribution in [0.2, 0.25) is 0 Å². The summed E-state index contributed by atoms with van der Waals surface area (Å²) < 4.78 is 5.54. The monoisotopic (exact) mass is 277 g/mol. The minimum atomic E-state index is 0.358. The van der Waals surface area contributed by atoms with Crippen molar-refractivity contribution in [1.29, 1.82) is 0 Å². The van der Waals surface area contributed by atoms with Gasteiger partial charge in [-0.3, -0.25) is 4.90 Å². The number of piperidine rings is 1. The molecule has 0 aliphatic carbocycles. The average molecular weight is 277 g/mol. The Bertz CT molecular complexity index is 411. The lowest BCUT2D eigenvalue weighted by molar-refractivity contribution is 0.173. The van der Waals surface area contributed by atoms with E-state index in [2.05, 4.69) is 18.7 Å². The molecule has 1 aliphatic heterocycles. The van der Waals surface area contributed by atoms with Crippen molar-refractivity contribution in [3.63, 3.8) is 0 Å². The van der Waals surface area contributed by atoms with Crippen LogP contribution >= 0.6 is 0 Å². The van der Waals surface area contributed by atoms with Gasteiger partial charge in [0.25, 0.3) is 0 Å². The van der Waals surface area contributed by atoms with Gasteiger partial charge in [-0.15, -0.1) is 0 Å². The summed E-state index contributed by atoms with van der Waals surface area (Å²) in [5.74, 6) is 2.01. The normalized spacial score (nSPS) is 17.3. The van der Waals surface area contributed by atoms with Gasteiger partial charge in [0.15, 0.2) is 0 Å². The highest BCUT2D eigenvalue weighted by atomic mass is 16.5. The molecule has 20 heavy (non-hydrogen) atoms. The highest BCUT2D eigenvalue weighted by Crippen LogP contribution is 2.27. The predicted octanol–water partition coefficient (Wildman–Crippen LogP) is 3.80. The zero-order valence-electron chi connectivity index (χ0n) is 12.8. The van der Waals surface area contributed by atoms with Gasteiger partial charge in [0, 0.05) is 18.2 Å². The number of rotatable bonds is 6. The fraction of sp³-hybridized carbons (Fsp3) is 0.647. The Morgan fingerprint density at radius 3 is 2.60 bits per heavy atom. The van der Waals surface area contributed by atoms with Crippen LogP contribution in [0.1, 0.15) is 45.1 Å². The number of ether oxygens (including phenoxy) is 1. The standard InChI is InChI=1S/C17H27NO2/c1-3-11-20-16-6-5-15(17(19)12-16)13-18-9-7-14(4-2)8-10-18/h5-6,12,14,19H,3-4,7-11,13H2,1-2H3. The van der Waals surface area contributed by atoms with E-state index in [-0.39, 0.29) is 0 Å². The van der Waals surface area contributed by atoms with Crippen molar-refractivity contribution in [3.8, 4) is 11.5 Å². The highest BCUT2D eigenvalue weighted by molar-refractivity contribution is 5.39. The molecule has 112 valence electrons. The van der Waals surface area contributed by atoms with Crippen LogP contribution in [0, 0.1) is 5.92 Å². The third-order valence-electron chi connectivity index (χ3n) is 4.21. The van der Waals surface area contributed by atoms with E-state index in [1.54, 1.807) is 6.07 Å². The van der Waals surface area contributed by atoms with E-state index in [0.29, 0.717) is 12.4 Å². The third-order valence-corrected chi connectivity index (χ3v) is 4.21. The van der Waals surface area contributed by atoms with Crippen LogP contribution < -0.4 is 4.74 Å². The van der Waals surface area contributed by atoms with Gasteiger partial charge in [-0.1, -0.05) is 26.3 Å². The van der Waals surface area contributed by atoms with Crippen LogP contribution in [0.15, 0.2) is 18.2 Å². The number of aromatic hydroxyl groups is 1. The second kappa shape index (κ2) is 7.53. The van der Waals surface area contributed by atoms with Crippen molar-refractivity contribution in [2.75, 3.05) is 19.7 Å². The second-order valence-corrected chi connectivity index (χ2v) is 5.77. The maximum atomic E-state index is 10.1. The average Bonchev–Trinajstić information content (AvgIpc) is 2.48. The van der Waals surface area contributed by atoms with Crippen LogP contribution in [-0.4, -0.2) is 29.7 Å². The first-order chi connectivity index (χ1) is 9.72. The molecule has 0 saturated carbocycles. The Morgan fingerprint density at radius 2 is 2.00 bits per heavy atom. The summed E-state index contributed by atoms with van der Waals surface area (Å²) in [5.41, 5.74) is 1.00. The van der Waals surface area contributed by atoms with Crippen molar-refractivity contribution in [2.45, 2.75) is 46.1 Å². The van der Waals surface area contributed by atoms with E-state index in [0.717, 1.165) is 43.3 Å². The fourth-order valence-electron chi connectivity index (χ4n) is 2.78. The first-order valence-corrected chi connectivity index (χ1v) is 7.90. The number of likely N-dealkylation sites (tertiary alicyclic amines) is 1. The van der Waals surface area contributed by atoms with E-state index in [1.165, 1.54) is 19.3 Å². The van der Waals surface area contributed by atoms with Crippen LogP contribution in [0.4, 0.5) is 0 Å². The molecule has 0 radical (unpaired) electrons. The molecule has 0 spiro atoms. The Morgan fingerprint density at radius 1 is 1.25 bits per heavy atom. The maximum Gasteiger partial charge on any atom is 0.123 e. The number of nitrogens with zero attached hydrogens (tertiary/aromatic N) is 1. The SMILES string of the molecule is CCCOc1ccc(CN2CCC(CC)CC2)c(O)c1. The zero-order valence-corrected chi connectivity index (χ0v) is 12.8. The van der Waals surface area contributed by atoms with Gasteiger partial charge < -0.3 is 9.84 Å². The van der Waals surface area contributed by atoms with Crippen LogP contribution in [-0.2, 0) is 6.54 Å². The lowest BCUT2D eigenvalue weighted by atomic mass is 9.94. The molecule has 0 atom stereocenters. The van der Waals surface area contributed by atoms with E-state index < -0.39 is 0 Å². The zero-order chi connectivity index (χ0) is 14.4. The van der Waals surface area contributed by atoms with Gasteiger partial charge >= 0.3 is 0 Å². The maximum absolute atomic E-state index is 10.1. The first kappa shape index (κ1) is 15.2. The smallest absolute Gasteiger partial charge is 0.123 e. The first-order valence-electron chi connectivity index (χ1n) is 7.90. The van der Waals surface area contributed by atoms with Gasteiger partial charge in [0.1, 0.15) is 11.5 Å². The topological polar surface area (TPSA) is 32.7 Å². The van der Waals surface area contributed by atoms with Gasteiger partial charge in [-0.2, -0.15) is 0 Å². The van der Waals surface area contributed by atoms with E-state index >= 15 is 0 Å². The quantitative estimate of drug-likeness (QED) is 0.858. The van der Waals surface area contributed by atoms with Crippen molar-refractivity contribution < 1.29 is 9.84 Å². The van der Waals surface area contributed by atoms with Gasteiger partial charge in [-0.05, 0) is 44.3 Å². The van der Waals surface area contributed by atoms with E-state index in [1.807, 2.05) is 12.1 Å². The molecule has 3 nitrogen and oxygen atoms in total. The molecule has 1 N–H and O–H groups in total. The number of phenolic OH excluding ortho intramolecular Hbond substituents is 1. The Hall–Kier alpha value is -1.22. The summed E-state index contributed by atoms with van der Waals surface area (Å²) in [4.78, 5) is 2.44. The second-order valence-electron chi connectivity index (χ2n) is 5.77. The Labute approximate surface area is 122 Å². The Kier molecular flexibility index (Phi) is 5.72. The van der Waals surface area contributed by atoms with Crippen molar-refractivity contribution in [3.05, 3.63) is 23.8 Å². The lowest BCUT2D eigenvalue weighted by Crippen LogP contribution is -2.33. The van der Waals surface area contributed by atoms with Crippen molar-refractivity contribution >= 4 is 0 Å². The molecular weight excluding hydrogens is 250 g/mol. The molecule has 1 aromatic carbocycles. The molecule has 1 saturated heterocycles.